The summed E-state index contributed by atoms with van der Waals surface area (Å²) in [6, 6.07) is 5.79. The van der Waals surface area contributed by atoms with Gasteiger partial charge >= 0.3 is 0 Å². The average molecular weight is 358 g/mol. The molecule has 0 saturated carbocycles. The third kappa shape index (κ3) is 3.34. The molecule has 26 heavy (non-hydrogen) atoms. The monoisotopic (exact) mass is 358 g/mol. The highest BCUT2D eigenvalue weighted by atomic mass is 16.5. The maximum atomic E-state index is 13.0. The molecule has 2 aliphatic rings. The Morgan fingerprint density at radius 3 is 3.00 bits per heavy atom. The first kappa shape index (κ1) is 17.5. The maximum absolute atomic E-state index is 13.0. The lowest BCUT2D eigenvalue weighted by atomic mass is 9.78. The SMILES string of the molecule is COCC1(C(=O)Nc2ccc3nc(C4CCCO4)[nH]c3c2)CCNCC1. The molecular formula is C19H26N4O3. The van der Waals surface area contributed by atoms with Gasteiger partial charge in [0, 0.05) is 19.4 Å². The third-order valence-corrected chi connectivity index (χ3v) is 5.46. The number of ether oxygens (including phenoxy) is 2. The van der Waals surface area contributed by atoms with Crippen LogP contribution in [0.4, 0.5) is 5.69 Å². The van der Waals surface area contributed by atoms with Crippen molar-refractivity contribution in [3.63, 3.8) is 0 Å². The highest BCUT2D eigenvalue weighted by Gasteiger charge is 2.39. The van der Waals surface area contributed by atoms with Gasteiger partial charge in [0.1, 0.15) is 11.9 Å². The average Bonchev–Trinajstić information content (AvgIpc) is 3.32. The fourth-order valence-electron chi connectivity index (χ4n) is 3.94. The standard InChI is InChI=1S/C19H26N4O3/c1-25-12-19(6-8-20-9-7-19)18(24)21-13-4-5-14-15(11-13)23-17(22-14)16-3-2-10-26-16/h4-5,11,16,20H,2-3,6-10,12H2,1H3,(H,21,24)(H,22,23). The Bertz CT molecular complexity index is 771. The van der Waals surface area contributed by atoms with E-state index in [1.165, 1.54) is 0 Å². The van der Waals surface area contributed by atoms with Crippen LogP contribution in [-0.2, 0) is 14.3 Å². The maximum Gasteiger partial charge on any atom is 0.233 e. The number of benzene rings is 1. The Kier molecular flexibility index (Phi) is 4.93. The van der Waals surface area contributed by atoms with Crippen molar-refractivity contribution in [2.24, 2.45) is 5.41 Å². The second-order valence-electron chi connectivity index (χ2n) is 7.27. The first-order valence-electron chi connectivity index (χ1n) is 9.33. The molecule has 140 valence electrons. The molecule has 1 aromatic carbocycles. The number of H-pyrrole nitrogens is 1. The van der Waals surface area contributed by atoms with E-state index in [1.807, 2.05) is 18.2 Å². The molecule has 2 saturated heterocycles. The molecule has 2 aliphatic heterocycles. The molecule has 1 unspecified atom stereocenters. The van der Waals surface area contributed by atoms with Gasteiger partial charge < -0.3 is 25.1 Å². The molecule has 4 rings (SSSR count). The number of piperidine rings is 1. The number of aromatic amines is 1. The minimum absolute atomic E-state index is 0.0269. The van der Waals surface area contributed by atoms with Gasteiger partial charge in [0.25, 0.3) is 0 Å². The lowest BCUT2D eigenvalue weighted by Gasteiger charge is -2.35. The smallest absolute Gasteiger partial charge is 0.233 e. The molecule has 3 heterocycles. The molecule has 1 atom stereocenters. The van der Waals surface area contributed by atoms with Crippen LogP contribution in [-0.4, -0.2) is 49.3 Å². The van der Waals surface area contributed by atoms with Gasteiger partial charge in [0.05, 0.1) is 23.1 Å². The molecule has 0 aliphatic carbocycles. The van der Waals surface area contributed by atoms with E-state index in [9.17, 15) is 4.79 Å². The zero-order valence-electron chi connectivity index (χ0n) is 15.1. The summed E-state index contributed by atoms with van der Waals surface area (Å²) < 4.78 is 11.1. The number of rotatable bonds is 5. The molecule has 3 N–H and O–H groups in total. The van der Waals surface area contributed by atoms with Gasteiger partial charge in [-0.3, -0.25) is 4.79 Å². The number of aromatic nitrogens is 2. The lowest BCUT2D eigenvalue weighted by Crippen LogP contribution is -2.47. The number of nitrogens with zero attached hydrogens (tertiary/aromatic N) is 1. The Labute approximate surface area is 152 Å². The minimum atomic E-state index is -0.466. The molecular weight excluding hydrogens is 332 g/mol. The fourth-order valence-corrected chi connectivity index (χ4v) is 3.94. The van der Waals surface area contributed by atoms with E-state index in [2.05, 4.69) is 20.6 Å². The second-order valence-corrected chi connectivity index (χ2v) is 7.27. The van der Waals surface area contributed by atoms with Crippen LogP contribution >= 0.6 is 0 Å². The van der Waals surface area contributed by atoms with E-state index in [-0.39, 0.29) is 12.0 Å². The van der Waals surface area contributed by atoms with Gasteiger partial charge in [0.15, 0.2) is 0 Å². The minimum Gasteiger partial charge on any atom is -0.384 e. The number of carbonyl (C=O) groups excluding carboxylic acids is 1. The number of nitrogens with one attached hydrogen (secondary N) is 3. The number of amides is 1. The summed E-state index contributed by atoms with van der Waals surface area (Å²) in [6.07, 6.45) is 3.68. The fraction of sp³-hybridized carbons (Fsp3) is 0.579. The number of carbonyl (C=O) groups is 1. The van der Waals surface area contributed by atoms with Crippen molar-refractivity contribution in [1.29, 1.82) is 0 Å². The number of anilines is 1. The third-order valence-electron chi connectivity index (χ3n) is 5.46. The topological polar surface area (TPSA) is 88.3 Å². The first-order valence-corrected chi connectivity index (χ1v) is 9.33. The van der Waals surface area contributed by atoms with Crippen LogP contribution in [0.2, 0.25) is 0 Å². The normalized spacial score (nSPS) is 22.6. The van der Waals surface area contributed by atoms with Crippen LogP contribution in [0.1, 0.15) is 37.6 Å². The summed E-state index contributed by atoms with van der Waals surface area (Å²) in [5, 5.41) is 6.39. The van der Waals surface area contributed by atoms with Crippen molar-refractivity contribution in [1.82, 2.24) is 15.3 Å². The summed E-state index contributed by atoms with van der Waals surface area (Å²) in [7, 11) is 1.65. The summed E-state index contributed by atoms with van der Waals surface area (Å²) >= 11 is 0. The first-order chi connectivity index (χ1) is 12.7. The zero-order valence-corrected chi connectivity index (χ0v) is 15.1. The Morgan fingerprint density at radius 2 is 2.27 bits per heavy atom. The van der Waals surface area contributed by atoms with Crippen molar-refractivity contribution in [2.75, 3.05) is 38.7 Å². The predicted octanol–water partition coefficient (Wildman–Crippen LogP) is 2.37. The van der Waals surface area contributed by atoms with E-state index in [4.69, 9.17) is 9.47 Å². The van der Waals surface area contributed by atoms with Gasteiger partial charge in [-0.15, -0.1) is 0 Å². The molecule has 0 spiro atoms. The van der Waals surface area contributed by atoms with Crippen LogP contribution in [0.25, 0.3) is 11.0 Å². The van der Waals surface area contributed by atoms with Crippen LogP contribution < -0.4 is 10.6 Å². The van der Waals surface area contributed by atoms with E-state index < -0.39 is 5.41 Å². The Balaban J connectivity index is 1.53. The summed E-state index contributed by atoms with van der Waals surface area (Å²) in [5.41, 5.74) is 2.12. The molecule has 7 heteroatoms. The quantitative estimate of drug-likeness (QED) is 0.764. The van der Waals surface area contributed by atoms with Gasteiger partial charge in [-0.1, -0.05) is 0 Å². The highest BCUT2D eigenvalue weighted by Crippen LogP contribution is 2.32. The molecule has 7 nitrogen and oxygen atoms in total. The molecule has 2 aromatic rings. The van der Waals surface area contributed by atoms with Gasteiger partial charge in [-0.25, -0.2) is 4.98 Å². The van der Waals surface area contributed by atoms with Crippen LogP contribution in [0.5, 0.6) is 0 Å². The summed E-state index contributed by atoms with van der Waals surface area (Å²) in [5.74, 6) is 0.897. The Morgan fingerprint density at radius 1 is 1.42 bits per heavy atom. The van der Waals surface area contributed by atoms with Gasteiger partial charge in [-0.05, 0) is 57.0 Å². The van der Waals surface area contributed by atoms with Crippen LogP contribution in [0.15, 0.2) is 18.2 Å². The Hall–Kier alpha value is -1.96. The predicted molar refractivity (Wildman–Crippen MR) is 99.1 cm³/mol. The van der Waals surface area contributed by atoms with E-state index >= 15 is 0 Å². The zero-order chi connectivity index (χ0) is 18.0. The number of methoxy groups -OCH3 is 1. The number of fused-ring (bicyclic) bond motifs is 1. The molecule has 0 radical (unpaired) electrons. The van der Waals surface area contributed by atoms with Crippen LogP contribution in [0.3, 0.4) is 0 Å². The van der Waals surface area contributed by atoms with Crippen molar-refractivity contribution in [3.8, 4) is 0 Å². The largest absolute Gasteiger partial charge is 0.384 e. The second kappa shape index (κ2) is 7.34. The summed E-state index contributed by atoms with van der Waals surface area (Å²) in [4.78, 5) is 20.9. The number of hydrogen-bond donors (Lipinski definition) is 3. The number of imidazole rings is 1. The van der Waals surface area contributed by atoms with Crippen molar-refractivity contribution in [3.05, 3.63) is 24.0 Å². The lowest BCUT2D eigenvalue weighted by molar-refractivity contribution is -0.130. The highest BCUT2D eigenvalue weighted by molar-refractivity contribution is 5.97. The van der Waals surface area contributed by atoms with Crippen molar-refractivity contribution >= 4 is 22.6 Å². The van der Waals surface area contributed by atoms with E-state index in [1.54, 1.807) is 7.11 Å². The van der Waals surface area contributed by atoms with E-state index in [0.29, 0.717) is 6.61 Å². The van der Waals surface area contributed by atoms with Crippen molar-refractivity contribution < 1.29 is 14.3 Å². The molecule has 0 bridgehead atoms. The molecule has 1 amide bonds. The molecule has 2 fully saturated rings. The van der Waals surface area contributed by atoms with Gasteiger partial charge in [0.2, 0.25) is 5.91 Å². The van der Waals surface area contributed by atoms with Crippen LogP contribution in [0, 0.1) is 5.41 Å². The van der Waals surface area contributed by atoms with E-state index in [0.717, 1.165) is 67.9 Å². The molecule has 1 aromatic heterocycles. The van der Waals surface area contributed by atoms with Gasteiger partial charge in [-0.2, -0.15) is 0 Å². The number of hydrogen-bond acceptors (Lipinski definition) is 5. The van der Waals surface area contributed by atoms with Crippen molar-refractivity contribution in [2.45, 2.75) is 31.8 Å². The summed E-state index contributed by atoms with van der Waals surface area (Å²) in [6.45, 7) is 2.90.